The third kappa shape index (κ3) is 6.80. The number of nitrogens with one attached hydrogen (secondary N) is 1. The van der Waals surface area contributed by atoms with Gasteiger partial charge >= 0.3 is 7.82 Å². The standard InChI is InChI=1S/C14H13N4O5PS/c15-18-17-12-5-3-11(4-6-12)16-14(25)22-9-10-1-7-13(8-2-10)23-24(19,20)21/h1-8H,9H2,(H,16,25)(H2,19,20,21). The van der Waals surface area contributed by atoms with Crippen molar-refractivity contribution < 1.29 is 23.6 Å². The first kappa shape index (κ1) is 18.7. The molecule has 0 atom stereocenters. The largest absolute Gasteiger partial charge is 0.524 e. The van der Waals surface area contributed by atoms with Crippen molar-refractivity contribution in [2.24, 2.45) is 5.11 Å². The Kier molecular flexibility index (Phi) is 6.35. The molecule has 0 aromatic heterocycles. The third-order valence-electron chi connectivity index (χ3n) is 2.79. The Labute approximate surface area is 148 Å². The first-order valence-corrected chi connectivity index (χ1v) is 8.72. The third-order valence-corrected chi connectivity index (χ3v) is 3.46. The zero-order valence-corrected chi connectivity index (χ0v) is 14.4. The van der Waals surface area contributed by atoms with Gasteiger partial charge in [0, 0.05) is 16.3 Å². The molecular weight excluding hydrogens is 367 g/mol. The van der Waals surface area contributed by atoms with Gasteiger partial charge in [0.1, 0.15) is 12.4 Å². The molecule has 11 heteroatoms. The lowest BCUT2D eigenvalue weighted by Gasteiger charge is -2.11. The van der Waals surface area contributed by atoms with Crippen molar-refractivity contribution in [1.29, 1.82) is 0 Å². The van der Waals surface area contributed by atoms with Gasteiger partial charge in [-0.25, -0.2) is 4.57 Å². The molecule has 0 spiro atoms. The second-order valence-corrected chi connectivity index (χ2v) is 6.20. The molecule has 2 aromatic rings. The highest BCUT2D eigenvalue weighted by molar-refractivity contribution is 7.80. The van der Waals surface area contributed by atoms with Gasteiger partial charge in [0.15, 0.2) is 0 Å². The van der Waals surface area contributed by atoms with Crippen molar-refractivity contribution in [3.05, 3.63) is 64.5 Å². The number of hydrogen-bond acceptors (Lipinski definition) is 5. The van der Waals surface area contributed by atoms with Crippen LogP contribution in [0.15, 0.2) is 53.6 Å². The lowest BCUT2D eigenvalue weighted by atomic mass is 10.2. The van der Waals surface area contributed by atoms with Gasteiger partial charge in [0.05, 0.1) is 0 Å². The molecule has 0 heterocycles. The molecule has 0 fully saturated rings. The molecule has 130 valence electrons. The van der Waals surface area contributed by atoms with Crippen molar-refractivity contribution in [2.75, 3.05) is 5.32 Å². The number of phosphoric acid groups is 1. The van der Waals surface area contributed by atoms with Crippen LogP contribution >= 0.6 is 20.0 Å². The summed E-state index contributed by atoms with van der Waals surface area (Å²) in [5, 5.41) is 6.48. The van der Waals surface area contributed by atoms with Gasteiger partial charge in [0.2, 0.25) is 0 Å². The summed E-state index contributed by atoms with van der Waals surface area (Å²) in [5.74, 6) is 0.0536. The molecule has 0 unspecified atom stereocenters. The first-order valence-electron chi connectivity index (χ1n) is 6.79. The maximum Gasteiger partial charge on any atom is 0.524 e. The van der Waals surface area contributed by atoms with Crippen LogP contribution in [0.4, 0.5) is 11.4 Å². The fourth-order valence-corrected chi connectivity index (χ4v) is 2.32. The number of ether oxygens (including phenoxy) is 1. The van der Waals surface area contributed by atoms with E-state index in [2.05, 4.69) is 19.9 Å². The van der Waals surface area contributed by atoms with E-state index in [0.717, 1.165) is 5.56 Å². The van der Waals surface area contributed by atoms with Crippen molar-refractivity contribution in [2.45, 2.75) is 6.61 Å². The number of anilines is 1. The summed E-state index contributed by atoms with van der Waals surface area (Å²) in [6, 6.07) is 12.7. The van der Waals surface area contributed by atoms with Crippen LogP contribution in [-0.2, 0) is 15.9 Å². The zero-order valence-electron chi connectivity index (χ0n) is 12.6. The minimum absolute atomic E-state index is 0.0536. The Bertz CT molecular complexity index is 831. The Morgan fingerprint density at radius 3 is 2.40 bits per heavy atom. The normalized spacial score (nSPS) is 10.5. The molecule has 0 saturated carbocycles. The number of thiocarbonyl (C=S) groups is 1. The Morgan fingerprint density at radius 1 is 1.20 bits per heavy atom. The van der Waals surface area contributed by atoms with Gasteiger partial charge in [-0.1, -0.05) is 29.4 Å². The van der Waals surface area contributed by atoms with Crippen LogP contribution in [-0.4, -0.2) is 15.0 Å². The van der Waals surface area contributed by atoms with E-state index >= 15 is 0 Å². The fraction of sp³-hybridized carbons (Fsp3) is 0.0714. The van der Waals surface area contributed by atoms with Crippen LogP contribution in [0.2, 0.25) is 0 Å². The van der Waals surface area contributed by atoms with Crippen molar-refractivity contribution in [3.63, 3.8) is 0 Å². The minimum atomic E-state index is -4.57. The summed E-state index contributed by atoms with van der Waals surface area (Å²) in [4.78, 5) is 20.1. The molecule has 9 nitrogen and oxygen atoms in total. The van der Waals surface area contributed by atoms with Crippen LogP contribution in [0, 0.1) is 0 Å². The SMILES string of the molecule is [N-]=[N+]=Nc1ccc(NC(=S)OCc2ccc(OP(=O)(O)O)cc2)cc1. The fourth-order valence-electron chi connectivity index (χ4n) is 1.75. The number of azide groups is 1. The Balaban J connectivity index is 1.85. The summed E-state index contributed by atoms with van der Waals surface area (Å²) < 4.78 is 20.6. The lowest BCUT2D eigenvalue weighted by Crippen LogP contribution is -2.13. The molecule has 0 amide bonds. The molecule has 3 N–H and O–H groups in total. The molecule has 0 bridgehead atoms. The van der Waals surface area contributed by atoms with Gasteiger partial charge in [-0.3, -0.25) is 9.79 Å². The monoisotopic (exact) mass is 380 g/mol. The molecule has 0 aliphatic carbocycles. The average Bonchev–Trinajstić information content (AvgIpc) is 2.55. The van der Waals surface area contributed by atoms with Crippen molar-refractivity contribution in [3.8, 4) is 5.75 Å². The number of rotatable bonds is 6. The second kappa shape index (κ2) is 8.48. The number of hydrogen-bond donors (Lipinski definition) is 3. The van der Waals surface area contributed by atoms with Gasteiger partial charge in [0.25, 0.3) is 5.17 Å². The van der Waals surface area contributed by atoms with E-state index in [0.29, 0.717) is 11.4 Å². The molecule has 0 aliphatic heterocycles. The second-order valence-electron chi connectivity index (χ2n) is 4.66. The lowest BCUT2D eigenvalue weighted by molar-refractivity contribution is 0.283. The van der Waals surface area contributed by atoms with E-state index in [1.165, 1.54) is 12.1 Å². The van der Waals surface area contributed by atoms with E-state index < -0.39 is 7.82 Å². The minimum Gasteiger partial charge on any atom is -0.466 e. The molecule has 2 rings (SSSR count). The van der Waals surface area contributed by atoms with E-state index in [1.54, 1.807) is 36.4 Å². The van der Waals surface area contributed by atoms with Crippen molar-refractivity contribution >= 4 is 36.6 Å². The molecule has 0 aliphatic rings. The quantitative estimate of drug-likeness (QED) is 0.226. The van der Waals surface area contributed by atoms with Gasteiger partial charge < -0.3 is 14.6 Å². The van der Waals surface area contributed by atoms with Crippen molar-refractivity contribution in [1.82, 2.24) is 0 Å². The molecule has 25 heavy (non-hydrogen) atoms. The van der Waals surface area contributed by atoms with E-state index in [-0.39, 0.29) is 17.5 Å². The summed E-state index contributed by atoms with van der Waals surface area (Å²) in [6.07, 6.45) is 0. The number of phosphoric ester groups is 1. The van der Waals surface area contributed by atoms with E-state index in [9.17, 15) is 4.57 Å². The smallest absolute Gasteiger partial charge is 0.466 e. The highest BCUT2D eigenvalue weighted by Crippen LogP contribution is 2.37. The highest BCUT2D eigenvalue weighted by atomic mass is 32.1. The highest BCUT2D eigenvalue weighted by Gasteiger charge is 2.15. The summed E-state index contributed by atoms with van der Waals surface area (Å²) in [7, 11) is -4.57. The predicted octanol–water partition coefficient (Wildman–Crippen LogP) is 4.01. The zero-order chi connectivity index (χ0) is 18.3. The topological polar surface area (TPSA) is 137 Å². The number of nitrogens with zero attached hydrogens (tertiary/aromatic N) is 3. The van der Waals surface area contributed by atoms with Crippen LogP contribution < -0.4 is 9.84 Å². The van der Waals surface area contributed by atoms with Crippen LogP contribution in [0.3, 0.4) is 0 Å². The first-order chi connectivity index (χ1) is 11.9. The summed E-state index contributed by atoms with van der Waals surface area (Å²) >= 11 is 5.07. The van der Waals surface area contributed by atoms with E-state index in [1.807, 2.05) is 0 Å². The molecule has 0 saturated heterocycles. The molecule has 0 radical (unpaired) electrons. The Morgan fingerprint density at radius 2 is 1.84 bits per heavy atom. The van der Waals surface area contributed by atoms with Crippen LogP contribution in [0.25, 0.3) is 10.4 Å². The van der Waals surface area contributed by atoms with Crippen LogP contribution in [0.5, 0.6) is 5.75 Å². The molecular formula is C14H13N4O5PS. The predicted molar refractivity (Wildman–Crippen MR) is 95.4 cm³/mol. The van der Waals surface area contributed by atoms with Gasteiger partial charge in [-0.2, -0.15) is 0 Å². The van der Waals surface area contributed by atoms with Crippen LogP contribution in [0.1, 0.15) is 5.56 Å². The van der Waals surface area contributed by atoms with Gasteiger partial charge in [-0.05, 0) is 47.6 Å². The maximum absolute atomic E-state index is 10.7. The summed E-state index contributed by atoms with van der Waals surface area (Å²) in [5.41, 5.74) is 10.2. The van der Waals surface area contributed by atoms with E-state index in [4.69, 9.17) is 32.3 Å². The van der Waals surface area contributed by atoms with Gasteiger partial charge in [-0.15, -0.1) is 0 Å². The average molecular weight is 380 g/mol. The maximum atomic E-state index is 10.7. The number of benzene rings is 2. The summed E-state index contributed by atoms with van der Waals surface area (Å²) in [6.45, 7) is 0.166. The molecule has 2 aromatic carbocycles. The Hall–Kier alpha value is -2.61.